The second kappa shape index (κ2) is 8.41. The summed E-state index contributed by atoms with van der Waals surface area (Å²) in [7, 11) is 0. The van der Waals surface area contributed by atoms with Crippen LogP contribution in [0, 0.1) is 0 Å². The monoisotopic (exact) mass is 293 g/mol. The lowest BCUT2D eigenvalue weighted by Gasteiger charge is -2.35. The Kier molecular flexibility index (Phi) is 6.21. The molecule has 21 heavy (non-hydrogen) atoms. The largest absolute Gasteiger partial charge is 0.382 e. The Balaban J connectivity index is 1.67. The third-order valence-corrected chi connectivity index (χ3v) is 3.39. The van der Waals surface area contributed by atoms with Crippen molar-refractivity contribution in [2.75, 3.05) is 50.8 Å². The number of hydrogen-bond donors (Lipinski definition) is 1. The normalized spacial score (nSPS) is 15.1. The van der Waals surface area contributed by atoms with Gasteiger partial charge in [0.1, 0.15) is 5.82 Å². The molecule has 7 heteroatoms. The van der Waals surface area contributed by atoms with E-state index in [1.165, 1.54) is 0 Å². The zero-order valence-electron chi connectivity index (χ0n) is 12.5. The van der Waals surface area contributed by atoms with Crippen LogP contribution in [0.4, 0.5) is 10.6 Å². The summed E-state index contributed by atoms with van der Waals surface area (Å²) < 4.78 is 5.24. The van der Waals surface area contributed by atoms with Gasteiger partial charge in [0.25, 0.3) is 0 Å². The number of anilines is 1. The number of piperazine rings is 1. The van der Waals surface area contributed by atoms with E-state index in [1.807, 2.05) is 11.8 Å². The van der Waals surface area contributed by atoms with Crippen LogP contribution in [-0.4, -0.2) is 66.8 Å². The third kappa shape index (κ3) is 4.86. The van der Waals surface area contributed by atoms with Crippen molar-refractivity contribution in [1.82, 2.24) is 20.2 Å². The van der Waals surface area contributed by atoms with Gasteiger partial charge in [-0.05, 0) is 13.3 Å². The number of nitrogens with one attached hydrogen (secondary N) is 1. The van der Waals surface area contributed by atoms with Gasteiger partial charge in [-0.25, -0.2) is 9.78 Å². The zero-order chi connectivity index (χ0) is 14.9. The van der Waals surface area contributed by atoms with E-state index in [-0.39, 0.29) is 6.03 Å². The summed E-state index contributed by atoms with van der Waals surface area (Å²) in [5, 5.41) is 2.93. The van der Waals surface area contributed by atoms with E-state index < -0.39 is 0 Å². The average molecular weight is 293 g/mol. The molecule has 0 aliphatic carbocycles. The average Bonchev–Trinajstić information content (AvgIpc) is 2.55. The molecule has 0 atom stereocenters. The molecule has 0 spiro atoms. The van der Waals surface area contributed by atoms with Crippen LogP contribution in [0.1, 0.15) is 13.3 Å². The Bertz CT molecular complexity index is 421. The third-order valence-electron chi connectivity index (χ3n) is 3.39. The highest BCUT2D eigenvalue weighted by molar-refractivity contribution is 5.74. The van der Waals surface area contributed by atoms with Crippen LogP contribution in [0.5, 0.6) is 0 Å². The second-order valence-electron chi connectivity index (χ2n) is 4.82. The molecule has 2 heterocycles. The number of ether oxygens (including phenoxy) is 1. The van der Waals surface area contributed by atoms with Crippen molar-refractivity contribution in [2.24, 2.45) is 0 Å². The highest BCUT2D eigenvalue weighted by Crippen LogP contribution is 2.11. The Morgan fingerprint density at radius 2 is 2.14 bits per heavy atom. The molecule has 1 aromatic heterocycles. The minimum atomic E-state index is 0.00490. The number of urea groups is 1. The quantitative estimate of drug-likeness (QED) is 0.783. The topological polar surface area (TPSA) is 70.6 Å². The number of carbonyl (C=O) groups is 1. The predicted octanol–water partition coefficient (Wildman–Crippen LogP) is 0.735. The van der Waals surface area contributed by atoms with Gasteiger partial charge in [-0.15, -0.1) is 0 Å². The number of amides is 2. The Morgan fingerprint density at radius 1 is 1.33 bits per heavy atom. The molecule has 0 aromatic carbocycles. The van der Waals surface area contributed by atoms with Crippen LogP contribution in [0.25, 0.3) is 0 Å². The first kappa shape index (κ1) is 15.5. The maximum atomic E-state index is 12.0. The summed E-state index contributed by atoms with van der Waals surface area (Å²) in [6.45, 7) is 7.01. The van der Waals surface area contributed by atoms with E-state index in [4.69, 9.17) is 4.74 Å². The van der Waals surface area contributed by atoms with Gasteiger partial charge in [0.2, 0.25) is 0 Å². The van der Waals surface area contributed by atoms with Gasteiger partial charge in [-0.3, -0.25) is 4.98 Å². The molecular formula is C14H23N5O2. The number of nitrogens with zero attached hydrogens (tertiary/aromatic N) is 4. The van der Waals surface area contributed by atoms with Gasteiger partial charge in [-0.1, -0.05) is 0 Å². The first-order valence-corrected chi connectivity index (χ1v) is 7.42. The molecule has 1 aliphatic heterocycles. The predicted molar refractivity (Wildman–Crippen MR) is 80.3 cm³/mol. The molecule has 1 aliphatic rings. The number of aromatic nitrogens is 2. The van der Waals surface area contributed by atoms with E-state index in [0.29, 0.717) is 26.2 Å². The van der Waals surface area contributed by atoms with E-state index >= 15 is 0 Å². The highest BCUT2D eigenvalue weighted by Gasteiger charge is 2.21. The van der Waals surface area contributed by atoms with Gasteiger partial charge >= 0.3 is 6.03 Å². The van der Waals surface area contributed by atoms with Crippen LogP contribution in [-0.2, 0) is 4.74 Å². The molecule has 2 rings (SSSR count). The molecule has 0 bridgehead atoms. The molecule has 0 unspecified atom stereocenters. The van der Waals surface area contributed by atoms with Crippen LogP contribution < -0.4 is 10.2 Å². The van der Waals surface area contributed by atoms with Gasteiger partial charge < -0.3 is 19.9 Å². The van der Waals surface area contributed by atoms with E-state index in [0.717, 1.165) is 31.9 Å². The van der Waals surface area contributed by atoms with Crippen molar-refractivity contribution in [1.29, 1.82) is 0 Å². The van der Waals surface area contributed by atoms with Crippen molar-refractivity contribution in [3.8, 4) is 0 Å². The number of hydrogen-bond acceptors (Lipinski definition) is 5. The van der Waals surface area contributed by atoms with Gasteiger partial charge in [0.05, 0.1) is 6.20 Å². The summed E-state index contributed by atoms with van der Waals surface area (Å²) >= 11 is 0. The summed E-state index contributed by atoms with van der Waals surface area (Å²) in [4.78, 5) is 24.3. The van der Waals surface area contributed by atoms with Crippen molar-refractivity contribution in [3.63, 3.8) is 0 Å². The molecular weight excluding hydrogens is 270 g/mol. The summed E-state index contributed by atoms with van der Waals surface area (Å²) in [6.07, 6.45) is 5.95. The van der Waals surface area contributed by atoms with Crippen LogP contribution >= 0.6 is 0 Å². The standard InChI is InChI=1S/C14H23N5O2/c1-2-21-11-3-4-17-14(20)19-9-7-18(8-10-19)13-12-15-5-6-16-13/h5-6,12H,2-4,7-11H2,1H3,(H,17,20). The zero-order valence-corrected chi connectivity index (χ0v) is 12.5. The lowest BCUT2D eigenvalue weighted by atomic mass is 10.3. The lowest BCUT2D eigenvalue weighted by molar-refractivity contribution is 0.143. The minimum absolute atomic E-state index is 0.00490. The fourth-order valence-electron chi connectivity index (χ4n) is 2.22. The fourth-order valence-corrected chi connectivity index (χ4v) is 2.22. The number of rotatable bonds is 6. The Labute approximate surface area is 125 Å². The first-order valence-electron chi connectivity index (χ1n) is 7.42. The van der Waals surface area contributed by atoms with Crippen molar-refractivity contribution in [2.45, 2.75) is 13.3 Å². The molecule has 1 aromatic rings. The van der Waals surface area contributed by atoms with E-state index in [2.05, 4.69) is 20.2 Å². The molecule has 1 N–H and O–H groups in total. The lowest BCUT2D eigenvalue weighted by Crippen LogP contribution is -2.52. The molecule has 116 valence electrons. The van der Waals surface area contributed by atoms with Gasteiger partial charge in [-0.2, -0.15) is 0 Å². The molecule has 0 saturated carbocycles. The maximum Gasteiger partial charge on any atom is 0.317 e. The van der Waals surface area contributed by atoms with Gasteiger partial charge in [0, 0.05) is 58.3 Å². The summed E-state index contributed by atoms with van der Waals surface area (Å²) in [5.41, 5.74) is 0. The Hall–Kier alpha value is -1.89. The molecule has 2 amide bonds. The molecule has 1 saturated heterocycles. The summed E-state index contributed by atoms with van der Waals surface area (Å²) in [5.74, 6) is 0.870. The minimum Gasteiger partial charge on any atom is -0.382 e. The summed E-state index contributed by atoms with van der Waals surface area (Å²) in [6, 6.07) is 0.00490. The fraction of sp³-hybridized carbons (Fsp3) is 0.643. The van der Waals surface area contributed by atoms with Crippen LogP contribution in [0.2, 0.25) is 0 Å². The van der Waals surface area contributed by atoms with Crippen molar-refractivity contribution in [3.05, 3.63) is 18.6 Å². The Morgan fingerprint density at radius 3 is 2.81 bits per heavy atom. The first-order chi connectivity index (χ1) is 10.3. The molecule has 1 fully saturated rings. The second-order valence-corrected chi connectivity index (χ2v) is 4.82. The van der Waals surface area contributed by atoms with Gasteiger partial charge in [0.15, 0.2) is 0 Å². The molecule has 7 nitrogen and oxygen atoms in total. The highest BCUT2D eigenvalue weighted by atomic mass is 16.5. The van der Waals surface area contributed by atoms with E-state index in [9.17, 15) is 4.79 Å². The van der Waals surface area contributed by atoms with Crippen LogP contribution in [0.15, 0.2) is 18.6 Å². The maximum absolute atomic E-state index is 12.0. The van der Waals surface area contributed by atoms with Crippen LogP contribution in [0.3, 0.4) is 0 Å². The smallest absolute Gasteiger partial charge is 0.317 e. The van der Waals surface area contributed by atoms with E-state index in [1.54, 1.807) is 18.6 Å². The van der Waals surface area contributed by atoms with Crippen molar-refractivity contribution < 1.29 is 9.53 Å². The molecule has 0 radical (unpaired) electrons. The SMILES string of the molecule is CCOCCCNC(=O)N1CCN(c2cnccn2)CC1. The number of carbonyl (C=O) groups excluding carboxylic acids is 1. The van der Waals surface area contributed by atoms with Crippen molar-refractivity contribution >= 4 is 11.8 Å².